The number of aryl methyl sites for hydroxylation is 1. The first-order valence-corrected chi connectivity index (χ1v) is 7.68. The summed E-state index contributed by atoms with van der Waals surface area (Å²) < 4.78 is 0. The van der Waals surface area contributed by atoms with Crippen LogP contribution >= 0.6 is 23.2 Å². The van der Waals surface area contributed by atoms with E-state index in [9.17, 15) is 0 Å². The van der Waals surface area contributed by atoms with Gasteiger partial charge in [0.1, 0.15) is 0 Å². The zero-order valence-corrected chi connectivity index (χ0v) is 13.3. The largest absolute Gasteiger partial charge is 0.306 e. The number of nitrogens with one attached hydrogen (secondary N) is 1. The normalized spacial score (nSPS) is 12.4. The molecule has 0 heterocycles. The lowest BCUT2D eigenvalue weighted by molar-refractivity contribution is 0.630. The van der Waals surface area contributed by atoms with Gasteiger partial charge in [-0.2, -0.15) is 0 Å². The first-order valence-electron chi connectivity index (χ1n) is 6.92. The molecule has 1 N–H and O–H groups in total. The van der Waals surface area contributed by atoms with Crippen LogP contribution in [0.3, 0.4) is 0 Å². The molecule has 0 aliphatic carbocycles. The molecule has 106 valence electrons. The Morgan fingerprint density at radius 2 is 1.85 bits per heavy atom. The van der Waals surface area contributed by atoms with Gasteiger partial charge in [-0.15, -0.1) is 0 Å². The molecule has 20 heavy (non-hydrogen) atoms. The van der Waals surface area contributed by atoms with Crippen molar-refractivity contribution < 1.29 is 0 Å². The third-order valence-electron chi connectivity index (χ3n) is 3.37. The Hall–Kier alpha value is -1.02. The van der Waals surface area contributed by atoms with Crippen LogP contribution in [0.15, 0.2) is 42.5 Å². The summed E-state index contributed by atoms with van der Waals surface area (Å²) in [5, 5.41) is 4.94. The molecule has 1 nitrogen and oxygen atoms in total. The molecule has 0 bridgehead atoms. The van der Waals surface area contributed by atoms with Gasteiger partial charge in [-0.05, 0) is 47.9 Å². The minimum absolute atomic E-state index is 0.0673. The van der Waals surface area contributed by atoms with Crippen LogP contribution in [0, 0.1) is 0 Å². The maximum Gasteiger partial charge on any atom is 0.0592 e. The molecule has 1 atom stereocenters. The average molecular weight is 308 g/mol. The Morgan fingerprint density at radius 1 is 1.05 bits per heavy atom. The highest BCUT2D eigenvalue weighted by Gasteiger charge is 2.16. The molecule has 3 heteroatoms. The molecule has 1 unspecified atom stereocenters. The quantitative estimate of drug-likeness (QED) is 0.795. The van der Waals surface area contributed by atoms with Crippen molar-refractivity contribution in [1.29, 1.82) is 0 Å². The Morgan fingerprint density at radius 3 is 2.55 bits per heavy atom. The third kappa shape index (κ3) is 3.54. The van der Waals surface area contributed by atoms with E-state index >= 15 is 0 Å². The van der Waals surface area contributed by atoms with Gasteiger partial charge in [0.25, 0.3) is 0 Å². The van der Waals surface area contributed by atoms with Gasteiger partial charge < -0.3 is 5.32 Å². The van der Waals surface area contributed by atoms with E-state index in [1.165, 1.54) is 11.1 Å². The van der Waals surface area contributed by atoms with Crippen LogP contribution in [-0.4, -0.2) is 6.54 Å². The molecule has 2 aromatic rings. The molecular formula is C17H19Cl2N. The number of rotatable bonds is 5. The summed E-state index contributed by atoms with van der Waals surface area (Å²) >= 11 is 12.5. The summed E-state index contributed by atoms with van der Waals surface area (Å²) in [5.74, 6) is 0. The summed E-state index contributed by atoms with van der Waals surface area (Å²) in [5.41, 5.74) is 3.56. The van der Waals surface area contributed by atoms with Crippen LogP contribution in [0.5, 0.6) is 0 Å². The fourth-order valence-electron chi connectivity index (χ4n) is 2.34. The SMILES string of the molecule is CCNC(c1cccc(CC)c1)c1cc(Cl)ccc1Cl. The van der Waals surface area contributed by atoms with Crippen LogP contribution < -0.4 is 5.32 Å². The first kappa shape index (κ1) is 15.4. The lowest BCUT2D eigenvalue weighted by Crippen LogP contribution is -2.22. The highest BCUT2D eigenvalue weighted by Crippen LogP contribution is 2.31. The van der Waals surface area contributed by atoms with E-state index in [-0.39, 0.29) is 6.04 Å². The number of halogens is 2. The lowest BCUT2D eigenvalue weighted by atomic mass is 9.96. The van der Waals surface area contributed by atoms with Crippen LogP contribution in [0.2, 0.25) is 10.0 Å². The second-order valence-electron chi connectivity index (χ2n) is 4.76. The molecule has 0 aliphatic rings. The summed E-state index contributed by atoms with van der Waals surface area (Å²) in [6.07, 6.45) is 1.02. The standard InChI is InChI=1S/C17H19Cl2N/c1-3-12-6-5-7-13(10-12)17(20-4-2)15-11-14(18)8-9-16(15)19/h5-11,17,20H,3-4H2,1-2H3. The second kappa shape index (κ2) is 7.12. The van der Waals surface area contributed by atoms with E-state index in [2.05, 4.69) is 43.4 Å². The molecule has 0 aliphatic heterocycles. The van der Waals surface area contributed by atoms with Gasteiger partial charge in [-0.25, -0.2) is 0 Å². The number of hydrogen-bond acceptors (Lipinski definition) is 1. The summed E-state index contributed by atoms with van der Waals surface area (Å²) in [7, 11) is 0. The van der Waals surface area contributed by atoms with Crippen molar-refractivity contribution >= 4 is 23.2 Å². The van der Waals surface area contributed by atoms with Crippen molar-refractivity contribution in [3.8, 4) is 0 Å². The Labute approximate surface area is 130 Å². The number of hydrogen-bond donors (Lipinski definition) is 1. The van der Waals surface area contributed by atoms with Gasteiger partial charge in [0.15, 0.2) is 0 Å². The number of benzene rings is 2. The summed E-state index contributed by atoms with van der Waals surface area (Å²) in [4.78, 5) is 0. The van der Waals surface area contributed by atoms with Gasteiger partial charge in [-0.1, -0.05) is 61.3 Å². The van der Waals surface area contributed by atoms with Gasteiger partial charge in [-0.3, -0.25) is 0 Å². The Balaban J connectivity index is 2.46. The molecule has 0 saturated heterocycles. The third-order valence-corrected chi connectivity index (χ3v) is 3.95. The maximum atomic E-state index is 6.35. The molecule has 0 amide bonds. The highest BCUT2D eigenvalue weighted by molar-refractivity contribution is 6.33. The molecule has 0 aromatic heterocycles. The van der Waals surface area contributed by atoms with Crippen molar-refractivity contribution in [1.82, 2.24) is 5.32 Å². The van der Waals surface area contributed by atoms with Crippen molar-refractivity contribution in [2.45, 2.75) is 26.3 Å². The predicted molar refractivity (Wildman–Crippen MR) is 87.8 cm³/mol. The first-order chi connectivity index (χ1) is 9.65. The summed E-state index contributed by atoms with van der Waals surface area (Å²) in [6, 6.07) is 14.3. The van der Waals surface area contributed by atoms with E-state index in [4.69, 9.17) is 23.2 Å². The second-order valence-corrected chi connectivity index (χ2v) is 5.60. The molecular weight excluding hydrogens is 289 g/mol. The van der Waals surface area contributed by atoms with Crippen molar-refractivity contribution in [3.05, 3.63) is 69.2 Å². The molecule has 0 fully saturated rings. The van der Waals surface area contributed by atoms with Crippen LogP contribution in [0.4, 0.5) is 0 Å². The van der Waals surface area contributed by atoms with Crippen molar-refractivity contribution in [3.63, 3.8) is 0 Å². The molecule has 0 spiro atoms. The van der Waals surface area contributed by atoms with E-state index in [0.717, 1.165) is 23.6 Å². The molecule has 0 radical (unpaired) electrons. The Bertz CT molecular complexity index is 581. The Kier molecular flexibility index (Phi) is 5.47. The highest BCUT2D eigenvalue weighted by atomic mass is 35.5. The van der Waals surface area contributed by atoms with E-state index < -0.39 is 0 Å². The lowest BCUT2D eigenvalue weighted by Gasteiger charge is -2.21. The van der Waals surface area contributed by atoms with E-state index in [1.54, 1.807) is 0 Å². The molecule has 0 saturated carbocycles. The van der Waals surface area contributed by atoms with Crippen molar-refractivity contribution in [2.24, 2.45) is 0 Å². The van der Waals surface area contributed by atoms with Gasteiger partial charge >= 0.3 is 0 Å². The topological polar surface area (TPSA) is 12.0 Å². The van der Waals surface area contributed by atoms with Crippen LogP contribution in [0.25, 0.3) is 0 Å². The minimum atomic E-state index is 0.0673. The zero-order chi connectivity index (χ0) is 14.5. The fourth-order valence-corrected chi connectivity index (χ4v) is 2.75. The summed E-state index contributed by atoms with van der Waals surface area (Å²) in [6.45, 7) is 5.12. The molecule has 2 aromatic carbocycles. The monoisotopic (exact) mass is 307 g/mol. The predicted octanol–water partition coefficient (Wildman–Crippen LogP) is 5.25. The van der Waals surface area contributed by atoms with Gasteiger partial charge in [0, 0.05) is 10.0 Å². The zero-order valence-electron chi connectivity index (χ0n) is 11.8. The van der Waals surface area contributed by atoms with Crippen LogP contribution in [0.1, 0.15) is 36.6 Å². The maximum absolute atomic E-state index is 6.35. The minimum Gasteiger partial charge on any atom is -0.306 e. The average Bonchev–Trinajstić information content (AvgIpc) is 2.47. The fraction of sp³-hybridized carbons (Fsp3) is 0.294. The van der Waals surface area contributed by atoms with E-state index in [1.807, 2.05) is 18.2 Å². The van der Waals surface area contributed by atoms with Gasteiger partial charge in [0.05, 0.1) is 6.04 Å². The molecule has 2 rings (SSSR count). The van der Waals surface area contributed by atoms with Gasteiger partial charge in [0.2, 0.25) is 0 Å². The smallest absolute Gasteiger partial charge is 0.0592 e. The van der Waals surface area contributed by atoms with Crippen molar-refractivity contribution in [2.75, 3.05) is 6.54 Å². The van der Waals surface area contributed by atoms with E-state index in [0.29, 0.717) is 5.02 Å². The van der Waals surface area contributed by atoms with Crippen LogP contribution in [-0.2, 0) is 6.42 Å².